The predicted octanol–water partition coefficient (Wildman–Crippen LogP) is 2.86. The molecule has 0 saturated carbocycles. The van der Waals surface area contributed by atoms with Crippen LogP contribution < -0.4 is 0 Å². The van der Waals surface area contributed by atoms with Gasteiger partial charge < -0.3 is 4.42 Å². The van der Waals surface area contributed by atoms with Gasteiger partial charge in [0.25, 0.3) is 0 Å². The van der Waals surface area contributed by atoms with Crippen LogP contribution in [0.2, 0.25) is 0 Å². The van der Waals surface area contributed by atoms with Crippen LogP contribution in [0.3, 0.4) is 0 Å². The first-order valence-electron chi connectivity index (χ1n) is 4.80. The number of furan rings is 1. The number of nitrogens with zero attached hydrogens (tertiary/aromatic N) is 2. The average Bonchev–Trinajstić information content (AvgIpc) is 3.02. The van der Waals surface area contributed by atoms with E-state index in [1.165, 1.54) is 0 Å². The van der Waals surface area contributed by atoms with Gasteiger partial charge in [-0.25, -0.2) is 0 Å². The fourth-order valence-corrected chi connectivity index (χ4v) is 1.56. The van der Waals surface area contributed by atoms with Gasteiger partial charge in [-0.1, -0.05) is 0 Å². The Labute approximate surface area is 87.2 Å². The summed E-state index contributed by atoms with van der Waals surface area (Å²) in [7, 11) is 0. The molecule has 3 aromatic rings. The lowest BCUT2D eigenvalue weighted by Crippen LogP contribution is -1.87. The normalized spacial score (nSPS) is 10.7. The van der Waals surface area contributed by atoms with Gasteiger partial charge in [0.15, 0.2) is 0 Å². The largest absolute Gasteiger partial charge is 0.424 e. The van der Waals surface area contributed by atoms with E-state index in [9.17, 15) is 0 Å². The lowest BCUT2D eigenvalue weighted by molar-refractivity contribution is 0.516. The summed E-state index contributed by atoms with van der Waals surface area (Å²) in [6, 6.07) is 11.8. The molecule has 3 heteroatoms. The zero-order chi connectivity index (χ0) is 10.1. The Balaban J connectivity index is 2.02. The molecule has 0 spiro atoms. The maximum atomic E-state index is 5.70. The van der Waals surface area contributed by atoms with Crippen molar-refractivity contribution in [3.63, 3.8) is 0 Å². The Bertz CT molecular complexity index is 483. The van der Waals surface area contributed by atoms with Crippen LogP contribution in [0.1, 0.15) is 0 Å². The molecule has 74 valence electrons. The minimum absolute atomic E-state index is 0.823. The van der Waals surface area contributed by atoms with E-state index in [0.717, 1.165) is 11.8 Å². The molecule has 0 atom stereocenters. The van der Waals surface area contributed by atoms with E-state index in [2.05, 4.69) is 0 Å². The monoisotopic (exact) mass is 198 g/mol. The molecular formula is C12H10N2O. The summed E-state index contributed by atoms with van der Waals surface area (Å²) >= 11 is 0. The van der Waals surface area contributed by atoms with Gasteiger partial charge in [-0.2, -0.15) is 0 Å². The molecule has 3 heterocycles. The third-order valence-corrected chi connectivity index (χ3v) is 2.30. The smallest absolute Gasteiger partial charge is 0.206 e. The summed E-state index contributed by atoms with van der Waals surface area (Å²) in [5.41, 5.74) is 0. The SMILES string of the molecule is c1ccn(-c2ccc(-n3cccc3)o2)c1. The Morgan fingerprint density at radius 3 is 1.47 bits per heavy atom. The Morgan fingerprint density at radius 2 is 1.07 bits per heavy atom. The maximum absolute atomic E-state index is 5.70. The minimum atomic E-state index is 0.823. The molecule has 0 aromatic carbocycles. The van der Waals surface area contributed by atoms with Crippen molar-refractivity contribution >= 4 is 0 Å². The van der Waals surface area contributed by atoms with Crippen LogP contribution >= 0.6 is 0 Å². The fourth-order valence-electron chi connectivity index (χ4n) is 1.56. The molecular weight excluding hydrogens is 188 g/mol. The van der Waals surface area contributed by atoms with Gasteiger partial charge in [-0.3, -0.25) is 9.13 Å². The second kappa shape index (κ2) is 3.20. The third-order valence-electron chi connectivity index (χ3n) is 2.30. The molecule has 3 nitrogen and oxygen atoms in total. The Hall–Kier alpha value is -2.16. The van der Waals surface area contributed by atoms with Gasteiger partial charge in [0.05, 0.1) is 0 Å². The summed E-state index contributed by atoms with van der Waals surface area (Å²) in [5, 5.41) is 0. The van der Waals surface area contributed by atoms with E-state index in [1.54, 1.807) is 0 Å². The van der Waals surface area contributed by atoms with Crippen molar-refractivity contribution in [2.45, 2.75) is 0 Å². The van der Waals surface area contributed by atoms with E-state index in [-0.39, 0.29) is 0 Å². The van der Waals surface area contributed by atoms with Gasteiger partial charge in [-0.05, 0) is 24.3 Å². The summed E-state index contributed by atoms with van der Waals surface area (Å²) in [6.45, 7) is 0. The molecule has 0 fully saturated rings. The van der Waals surface area contributed by atoms with Crippen molar-refractivity contribution in [1.82, 2.24) is 9.13 Å². The van der Waals surface area contributed by atoms with E-state index in [0.29, 0.717) is 0 Å². The first-order valence-corrected chi connectivity index (χ1v) is 4.80. The van der Waals surface area contributed by atoms with Crippen LogP contribution in [0.25, 0.3) is 11.8 Å². The van der Waals surface area contributed by atoms with Crippen LogP contribution in [0.4, 0.5) is 0 Å². The molecule has 15 heavy (non-hydrogen) atoms. The average molecular weight is 198 g/mol. The lowest BCUT2D eigenvalue weighted by Gasteiger charge is -1.98. The molecule has 0 bridgehead atoms. The van der Waals surface area contributed by atoms with Crippen molar-refractivity contribution < 1.29 is 4.42 Å². The second-order valence-corrected chi connectivity index (χ2v) is 3.29. The number of aromatic nitrogens is 2. The summed E-state index contributed by atoms with van der Waals surface area (Å²) in [4.78, 5) is 0. The summed E-state index contributed by atoms with van der Waals surface area (Å²) in [5.74, 6) is 1.65. The van der Waals surface area contributed by atoms with Crippen LogP contribution in [0.15, 0.2) is 65.6 Å². The molecule has 0 aliphatic heterocycles. The highest BCUT2D eigenvalue weighted by Crippen LogP contribution is 2.16. The molecule has 3 rings (SSSR count). The van der Waals surface area contributed by atoms with Crippen LogP contribution in [0.5, 0.6) is 0 Å². The molecule has 0 unspecified atom stereocenters. The first-order chi connectivity index (χ1) is 7.43. The van der Waals surface area contributed by atoms with Gasteiger partial charge in [0.1, 0.15) is 0 Å². The molecule has 0 radical (unpaired) electrons. The highest BCUT2D eigenvalue weighted by Gasteiger charge is 2.03. The fraction of sp³-hybridized carbons (Fsp3) is 0. The zero-order valence-corrected chi connectivity index (χ0v) is 8.08. The number of hydrogen-bond acceptors (Lipinski definition) is 1. The quantitative estimate of drug-likeness (QED) is 0.621. The van der Waals surface area contributed by atoms with Crippen molar-refractivity contribution in [3.05, 3.63) is 61.2 Å². The zero-order valence-electron chi connectivity index (χ0n) is 8.08. The van der Waals surface area contributed by atoms with Crippen LogP contribution in [0, 0.1) is 0 Å². The molecule has 0 N–H and O–H groups in total. The van der Waals surface area contributed by atoms with Crippen molar-refractivity contribution in [2.75, 3.05) is 0 Å². The number of rotatable bonds is 2. The summed E-state index contributed by atoms with van der Waals surface area (Å²) in [6.07, 6.45) is 7.83. The van der Waals surface area contributed by atoms with Gasteiger partial charge in [0.2, 0.25) is 11.8 Å². The molecule has 0 aliphatic carbocycles. The first kappa shape index (κ1) is 8.17. The van der Waals surface area contributed by atoms with Gasteiger partial charge in [-0.15, -0.1) is 0 Å². The highest BCUT2D eigenvalue weighted by atomic mass is 16.4. The third kappa shape index (κ3) is 1.38. The molecule has 0 saturated heterocycles. The van der Waals surface area contributed by atoms with E-state index >= 15 is 0 Å². The maximum Gasteiger partial charge on any atom is 0.206 e. The van der Waals surface area contributed by atoms with E-state index in [4.69, 9.17) is 4.42 Å². The predicted molar refractivity (Wildman–Crippen MR) is 57.4 cm³/mol. The highest BCUT2D eigenvalue weighted by molar-refractivity contribution is 5.30. The molecule has 0 amide bonds. The topological polar surface area (TPSA) is 23.0 Å². The van der Waals surface area contributed by atoms with Crippen LogP contribution in [-0.2, 0) is 0 Å². The van der Waals surface area contributed by atoms with Crippen molar-refractivity contribution in [1.29, 1.82) is 0 Å². The standard InChI is InChI=1S/C12H10N2O/c1-2-8-13(7-1)11-5-6-12(15-11)14-9-3-4-10-14/h1-10H. The van der Waals surface area contributed by atoms with Gasteiger partial charge >= 0.3 is 0 Å². The lowest BCUT2D eigenvalue weighted by atomic mass is 10.5. The van der Waals surface area contributed by atoms with Crippen molar-refractivity contribution in [3.8, 4) is 11.8 Å². The van der Waals surface area contributed by atoms with E-state index in [1.807, 2.05) is 70.3 Å². The minimum Gasteiger partial charge on any atom is -0.424 e. The van der Waals surface area contributed by atoms with Crippen LogP contribution in [-0.4, -0.2) is 9.13 Å². The Morgan fingerprint density at radius 1 is 0.667 bits per heavy atom. The Kier molecular flexibility index (Phi) is 1.75. The molecule has 0 aliphatic rings. The van der Waals surface area contributed by atoms with Gasteiger partial charge in [0, 0.05) is 36.9 Å². The number of hydrogen-bond donors (Lipinski definition) is 0. The molecule has 3 aromatic heterocycles. The second-order valence-electron chi connectivity index (χ2n) is 3.29. The summed E-state index contributed by atoms with van der Waals surface area (Å²) < 4.78 is 9.57. The van der Waals surface area contributed by atoms with Crippen molar-refractivity contribution in [2.24, 2.45) is 0 Å². The van der Waals surface area contributed by atoms with E-state index < -0.39 is 0 Å².